The molecular weight excluding hydrogens is 465 g/mol. The first kappa shape index (κ1) is 24.7. The van der Waals surface area contributed by atoms with Crippen molar-refractivity contribution in [3.63, 3.8) is 0 Å². The Labute approximate surface area is 198 Å². The maximum absolute atomic E-state index is 12.9. The van der Waals surface area contributed by atoms with Gasteiger partial charge in [-0.1, -0.05) is 30.7 Å². The molecule has 1 aliphatic heterocycles. The van der Waals surface area contributed by atoms with Crippen LogP contribution in [0.4, 0.5) is 13.2 Å². The Bertz CT molecular complexity index is 1090. The number of benzene rings is 2. The second-order valence-electron chi connectivity index (χ2n) is 9.06. The first-order chi connectivity index (χ1) is 16.1. The highest BCUT2D eigenvalue weighted by Gasteiger charge is 2.33. The molecule has 184 valence electrons. The number of nitrogens with zero attached hydrogens (tertiary/aromatic N) is 2. The molecule has 4 rings (SSSR count). The maximum Gasteiger partial charge on any atom is 0.416 e. The zero-order valence-electron chi connectivity index (χ0n) is 18.9. The van der Waals surface area contributed by atoms with Crippen molar-refractivity contribution in [3.8, 4) is 0 Å². The van der Waals surface area contributed by atoms with Crippen LogP contribution in [-0.4, -0.2) is 42.7 Å². The molecule has 0 radical (unpaired) electrons. The monoisotopic (exact) mass is 494 g/mol. The third-order valence-electron chi connectivity index (χ3n) is 6.45. The summed E-state index contributed by atoms with van der Waals surface area (Å²) in [5.41, 5.74) is 0.836. The van der Waals surface area contributed by atoms with Gasteiger partial charge < -0.3 is 4.90 Å². The molecule has 2 fully saturated rings. The summed E-state index contributed by atoms with van der Waals surface area (Å²) in [6, 6.07) is 11.8. The lowest BCUT2D eigenvalue weighted by Gasteiger charge is -2.26. The molecule has 34 heavy (non-hydrogen) atoms. The Morgan fingerprint density at radius 3 is 2.06 bits per heavy atom. The van der Waals surface area contributed by atoms with Crippen molar-refractivity contribution in [1.29, 1.82) is 0 Å². The van der Waals surface area contributed by atoms with E-state index in [1.165, 1.54) is 16.4 Å². The number of carbonyl (C=O) groups is 1. The summed E-state index contributed by atoms with van der Waals surface area (Å²) in [6.07, 6.45) is 0.953. The highest BCUT2D eigenvalue weighted by atomic mass is 32.2. The molecule has 0 N–H and O–H groups in total. The maximum atomic E-state index is 12.9. The smallest absolute Gasteiger partial charge is 0.335 e. The lowest BCUT2D eigenvalue weighted by molar-refractivity contribution is -0.137. The standard InChI is InChI=1S/C25H29F3N2O3S/c26-25(27,28)21-9-4-20(5-10-21)18-30(22-11-12-22)24(31)15-8-19-6-13-23(14-7-19)34(32,33)29-16-2-1-3-17-29/h4-7,9-10,13-14,22H,1-3,8,11-12,15-18H2. The van der Waals surface area contributed by atoms with Crippen LogP contribution in [0.3, 0.4) is 0 Å². The average molecular weight is 495 g/mol. The van der Waals surface area contributed by atoms with Crippen molar-refractivity contribution < 1.29 is 26.4 Å². The molecular formula is C25H29F3N2O3S. The van der Waals surface area contributed by atoms with Crippen molar-refractivity contribution in [1.82, 2.24) is 9.21 Å². The van der Waals surface area contributed by atoms with E-state index >= 15 is 0 Å². The molecule has 2 aromatic rings. The molecule has 0 unspecified atom stereocenters. The first-order valence-corrected chi connectivity index (χ1v) is 13.1. The van der Waals surface area contributed by atoms with E-state index in [2.05, 4.69) is 0 Å². The van der Waals surface area contributed by atoms with Crippen LogP contribution in [0.5, 0.6) is 0 Å². The van der Waals surface area contributed by atoms with E-state index in [-0.39, 0.29) is 29.8 Å². The molecule has 1 saturated carbocycles. The molecule has 2 aromatic carbocycles. The number of halogens is 3. The minimum absolute atomic E-state index is 0.0487. The number of aryl methyl sites for hydroxylation is 1. The number of piperidine rings is 1. The van der Waals surface area contributed by atoms with Crippen molar-refractivity contribution in [2.45, 2.75) is 68.6 Å². The number of amides is 1. The number of hydrogen-bond acceptors (Lipinski definition) is 3. The van der Waals surface area contributed by atoms with E-state index in [1.807, 2.05) is 0 Å². The van der Waals surface area contributed by atoms with Gasteiger partial charge in [0.25, 0.3) is 0 Å². The Morgan fingerprint density at radius 2 is 1.50 bits per heavy atom. The average Bonchev–Trinajstić information content (AvgIpc) is 3.67. The van der Waals surface area contributed by atoms with Crippen LogP contribution in [0.15, 0.2) is 53.4 Å². The normalized spacial score (nSPS) is 17.5. The second kappa shape index (κ2) is 10.1. The molecule has 2 aliphatic rings. The third-order valence-corrected chi connectivity index (χ3v) is 8.36. The Hall–Kier alpha value is -2.39. The van der Waals surface area contributed by atoms with Gasteiger partial charge in [0, 0.05) is 32.1 Å². The molecule has 1 saturated heterocycles. The van der Waals surface area contributed by atoms with Gasteiger partial charge in [0.2, 0.25) is 15.9 Å². The molecule has 0 bridgehead atoms. The zero-order chi connectivity index (χ0) is 24.3. The topological polar surface area (TPSA) is 57.7 Å². The summed E-state index contributed by atoms with van der Waals surface area (Å²) in [6.45, 7) is 1.39. The van der Waals surface area contributed by atoms with Gasteiger partial charge in [0.15, 0.2) is 0 Å². The fourth-order valence-corrected chi connectivity index (χ4v) is 5.80. The fraction of sp³-hybridized carbons (Fsp3) is 0.480. The second-order valence-corrected chi connectivity index (χ2v) is 11.0. The van der Waals surface area contributed by atoms with E-state index < -0.39 is 21.8 Å². The predicted octanol–water partition coefficient (Wildman–Crippen LogP) is 5.00. The van der Waals surface area contributed by atoms with Gasteiger partial charge in [-0.2, -0.15) is 17.5 Å². The van der Waals surface area contributed by atoms with Crippen LogP contribution in [0.1, 0.15) is 55.2 Å². The summed E-state index contributed by atoms with van der Waals surface area (Å²) in [7, 11) is -3.49. The number of carbonyl (C=O) groups excluding carboxylic acids is 1. The van der Waals surface area contributed by atoms with E-state index in [0.29, 0.717) is 25.1 Å². The third kappa shape index (κ3) is 5.99. The van der Waals surface area contributed by atoms with Crippen molar-refractivity contribution in [2.75, 3.05) is 13.1 Å². The summed E-state index contributed by atoms with van der Waals surface area (Å²) in [5, 5.41) is 0. The highest BCUT2D eigenvalue weighted by molar-refractivity contribution is 7.89. The van der Waals surface area contributed by atoms with Gasteiger partial charge in [-0.15, -0.1) is 0 Å². The van der Waals surface area contributed by atoms with Crippen LogP contribution in [0.2, 0.25) is 0 Å². The molecule has 0 aromatic heterocycles. The highest BCUT2D eigenvalue weighted by Crippen LogP contribution is 2.32. The number of rotatable bonds is 8. The predicted molar refractivity (Wildman–Crippen MR) is 122 cm³/mol. The molecule has 1 aliphatic carbocycles. The Morgan fingerprint density at radius 1 is 0.912 bits per heavy atom. The lowest BCUT2D eigenvalue weighted by atomic mass is 10.1. The molecule has 5 nitrogen and oxygen atoms in total. The van der Waals surface area contributed by atoms with Crippen LogP contribution in [0.25, 0.3) is 0 Å². The van der Waals surface area contributed by atoms with Crippen LogP contribution >= 0.6 is 0 Å². The molecule has 0 atom stereocenters. The molecule has 0 spiro atoms. The van der Waals surface area contributed by atoms with Gasteiger partial charge >= 0.3 is 6.18 Å². The van der Waals surface area contributed by atoms with Crippen LogP contribution in [0, 0.1) is 0 Å². The number of hydrogen-bond donors (Lipinski definition) is 0. The Kier molecular flexibility index (Phi) is 7.33. The first-order valence-electron chi connectivity index (χ1n) is 11.7. The van der Waals surface area contributed by atoms with Gasteiger partial charge in [-0.3, -0.25) is 4.79 Å². The summed E-state index contributed by atoms with van der Waals surface area (Å²) in [5.74, 6) is -0.0487. The lowest BCUT2D eigenvalue weighted by Crippen LogP contribution is -2.35. The van der Waals surface area contributed by atoms with Crippen molar-refractivity contribution in [3.05, 3.63) is 65.2 Å². The van der Waals surface area contributed by atoms with Gasteiger partial charge in [-0.25, -0.2) is 8.42 Å². The van der Waals surface area contributed by atoms with E-state index in [0.717, 1.165) is 49.8 Å². The number of alkyl halides is 3. The minimum Gasteiger partial charge on any atom is -0.335 e. The fourth-order valence-electron chi connectivity index (χ4n) is 4.28. The zero-order valence-corrected chi connectivity index (χ0v) is 19.7. The summed E-state index contributed by atoms with van der Waals surface area (Å²) in [4.78, 5) is 14.9. The number of sulfonamides is 1. The van der Waals surface area contributed by atoms with E-state index in [9.17, 15) is 26.4 Å². The minimum atomic E-state index is -4.38. The van der Waals surface area contributed by atoms with Crippen molar-refractivity contribution >= 4 is 15.9 Å². The molecule has 9 heteroatoms. The van der Waals surface area contributed by atoms with E-state index in [4.69, 9.17) is 0 Å². The van der Waals surface area contributed by atoms with E-state index in [1.54, 1.807) is 29.2 Å². The largest absolute Gasteiger partial charge is 0.416 e. The quantitative estimate of drug-likeness (QED) is 0.519. The SMILES string of the molecule is O=C(CCc1ccc(S(=O)(=O)N2CCCCC2)cc1)N(Cc1ccc(C(F)(F)F)cc1)C1CC1. The summed E-state index contributed by atoms with van der Waals surface area (Å²) < 4.78 is 65.5. The van der Waals surface area contributed by atoms with Gasteiger partial charge in [0.1, 0.15) is 0 Å². The van der Waals surface area contributed by atoms with Crippen LogP contribution < -0.4 is 0 Å². The summed E-state index contributed by atoms with van der Waals surface area (Å²) >= 11 is 0. The Balaban J connectivity index is 1.35. The molecule has 1 heterocycles. The molecule has 1 amide bonds. The van der Waals surface area contributed by atoms with Gasteiger partial charge in [0.05, 0.1) is 10.5 Å². The van der Waals surface area contributed by atoms with Crippen molar-refractivity contribution in [2.24, 2.45) is 0 Å². The van der Waals surface area contributed by atoms with Gasteiger partial charge in [-0.05, 0) is 67.5 Å². The van der Waals surface area contributed by atoms with Crippen LogP contribution in [-0.2, 0) is 34.0 Å².